The van der Waals surface area contributed by atoms with E-state index in [4.69, 9.17) is 0 Å². The highest BCUT2D eigenvalue weighted by Crippen LogP contribution is 2.15. The molecule has 0 saturated heterocycles. The van der Waals surface area contributed by atoms with Crippen LogP contribution >= 0.6 is 0 Å². The van der Waals surface area contributed by atoms with Gasteiger partial charge in [-0.2, -0.15) is 0 Å². The van der Waals surface area contributed by atoms with Crippen LogP contribution in [0.4, 0.5) is 10.5 Å². The van der Waals surface area contributed by atoms with E-state index in [2.05, 4.69) is 12.2 Å². The zero-order valence-corrected chi connectivity index (χ0v) is 14.9. The molecule has 0 unspecified atom stereocenters. The SMILES string of the molecule is CCCCc1ccc(NC(=O)n2cc(C(=O)O)c(=O)c3ccccc32)cc1. The topological polar surface area (TPSA) is 88.4 Å². The van der Waals surface area contributed by atoms with Gasteiger partial charge >= 0.3 is 12.0 Å². The van der Waals surface area contributed by atoms with E-state index in [1.165, 1.54) is 11.6 Å². The number of carbonyl (C=O) groups excluding carboxylic acids is 1. The third kappa shape index (κ3) is 3.89. The maximum atomic E-state index is 12.7. The third-order valence-corrected chi connectivity index (χ3v) is 4.38. The normalized spacial score (nSPS) is 10.7. The van der Waals surface area contributed by atoms with Gasteiger partial charge in [-0.3, -0.25) is 9.36 Å². The number of carbonyl (C=O) groups is 2. The van der Waals surface area contributed by atoms with E-state index < -0.39 is 23.0 Å². The van der Waals surface area contributed by atoms with E-state index in [1.54, 1.807) is 18.2 Å². The number of amides is 1. The number of aromatic carboxylic acids is 1. The van der Waals surface area contributed by atoms with Crippen molar-refractivity contribution in [2.75, 3.05) is 5.32 Å². The molecule has 1 aromatic heterocycles. The highest BCUT2D eigenvalue weighted by atomic mass is 16.4. The number of anilines is 1. The minimum atomic E-state index is -1.37. The van der Waals surface area contributed by atoms with Crippen LogP contribution in [0.25, 0.3) is 10.9 Å². The lowest BCUT2D eigenvalue weighted by molar-refractivity contribution is 0.0695. The number of benzene rings is 2. The fraction of sp³-hybridized carbons (Fsp3) is 0.190. The molecule has 0 atom stereocenters. The molecule has 6 nitrogen and oxygen atoms in total. The molecule has 0 bridgehead atoms. The maximum Gasteiger partial charge on any atom is 0.341 e. The summed E-state index contributed by atoms with van der Waals surface area (Å²) in [5.74, 6) is -1.37. The van der Waals surface area contributed by atoms with Gasteiger partial charge in [-0.05, 0) is 42.7 Å². The fourth-order valence-corrected chi connectivity index (χ4v) is 2.92. The lowest BCUT2D eigenvalue weighted by Crippen LogP contribution is -2.25. The summed E-state index contributed by atoms with van der Waals surface area (Å²) in [4.78, 5) is 36.4. The van der Waals surface area contributed by atoms with Crippen molar-refractivity contribution < 1.29 is 14.7 Å². The average Bonchev–Trinajstić information content (AvgIpc) is 2.67. The maximum absolute atomic E-state index is 12.7. The highest BCUT2D eigenvalue weighted by molar-refractivity contribution is 6.00. The molecule has 0 radical (unpaired) electrons. The number of nitrogens with zero attached hydrogens (tertiary/aromatic N) is 1. The second-order valence-corrected chi connectivity index (χ2v) is 6.29. The zero-order chi connectivity index (χ0) is 19.4. The first-order valence-corrected chi connectivity index (χ1v) is 8.79. The molecule has 1 amide bonds. The van der Waals surface area contributed by atoms with E-state index in [-0.39, 0.29) is 5.39 Å². The van der Waals surface area contributed by atoms with Gasteiger partial charge in [-0.1, -0.05) is 37.6 Å². The van der Waals surface area contributed by atoms with E-state index in [1.807, 2.05) is 24.3 Å². The number of nitrogens with one attached hydrogen (secondary N) is 1. The van der Waals surface area contributed by atoms with E-state index in [9.17, 15) is 19.5 Å². The van der Waals surface area contributed by atoms with Crippen molar-refractivity contribution >= 4 is 28.6 Å². The number of para-hydroxylation sites is 1. The molecule has 27 heavy (non-hydrogen) atoms. The van der Waals surface area contributed by atoms with Crippen molar-refractivity contribution in [2.24, 2.45) is 0 Å². The van der Waals surface area contributed by atoms with Crippen LogP contribution in [-0.2, 0) is 6.42 Å². The van der Waals surface area contributed by atoms with Gasteiger partial charge < -0.3 is 10.4 Å². The molecule has 1 heterocycles. The molecule has 0 aliphatic carbocycles. The molecule has 6 heteroatoms. The monoisotopic (exact) mass is 364 g/mol. The summed E-state index contributed by atoms with van der Waals surface area (Å²) < 4.78 is 1.16. The number of rotatable bonds is 5. The number of pyridine rings is 1. The lowest BCUT2D eigenvalue weighted by Gasteiger charge is -2.12. The van der Waals surface area contributed by atoms with Crippen LogP contribution in [0, 0.1) is 0 Å². The van der Waals surface area contributed by atoms with Gasteiger partial charge in [0, 0.05) is 17.3 Å². The average molecular weight is 364 g/mol. The summed E-state index contributed by atoms with van der Waals surface area (Å²) in [6, 6.07) is 13.4. The Morgan fingerprint density at radius 1 is 1.07 bits per heavy atom. The molecule has 3 aromatic rings. The Kier molecular flexibility index (Phi) is 5.35. The summed E-state index contributed by atoms with van der Waals surface area (Å²) in [5, 5.41) is 12.2. The third-order valence-electron chi connectivity index (χ3n) is 4.38. The minimum Gasteiger partial charge on any atom is -0.477 e. The smallest absolute Gasteiger partial charge is 0.341 e. The molecular formula is C21H20N2O4. The number of hydrogen-bond acceptors (Lipinski definition) is 3. The number of hydrogen-bond donors (Lipinski definition) is 2. The number of fused-ring (bicyclic) bond motifs is 1. The first-order chi connectivity index (χ1) is 13.0. The molecule has 2 N–H and O–H groups in total. The largest absolute Gasteiger partial charge is 0.477 e. The highest BCUT2D eigenvalue weighted by Gasteiger charge is 2.17. The van der Waals surface area contributed by atoms with Crippen LogP contribution in [0.3, 0.4) is 0 Å². The number of aromatic nitrogens is 1. The van der Waals surface area contributed by atoms with Gasteiger partial charge in [0.2, 0.25) is 5.43 Å². The van der Waals surface area contributed by atoms with E-state index in [0.717, 1.165) is 30.0 Å². The molecule has 138 valence electrons. The van der Waals surface area contributed by atoms with Crippen LogP contribution in [0.5, 0.6) is 0 Å². The molecule has 0 saturated carbocycles. The Balaban J connectivity index is 1.95. The van der Waals surface area contributed by atoms with Crippen molar-refractivity contribution in [1.29, 1.82) is 0 Å². The lowest BCUT2D eigenvalue weighted by atomic mass is 10.1. The van der Waals surface area contributed by atoms with Crippen LogP contribution in [-0.4, -0.2) is 21.7 Å². The summed E-state index contributed by atoms with van der Waals surface area (Å²) in [6.45, 7) is 2.13. The first kappa shape index (κ1) is 18.4. The van der Waals surface area contributed by atoms with Crippen LogP contribution in [0.2, 0.25) is 0 Å². The first-order valence-electron chi connectivity index (χ1n) is 8.79. The fourth-order valence-electron chi connectivity index (χ4n) is 2.92. The molecule has 0 fully saturated rings. The van der Waals surface area contributed by atoms with Crippen molar-refractivity contribution in [3.8, 4) is 0 Å². The van der Waals surface area contributed by atoms with Gasteiger partial charge in [0.25, 0.3) is 0 Å². The molecule has 2 aromatic carbocycles. The number of unbranched alkanes of at least 4 members (excludes halogenated alkanes) is 1. The van der Waals surface area contributed by atoms with E-state index in [0.29, 0.717) is 11.2 Å². The minimum absolute atomic E-state index is 0.183. The molecule has 0 aliphatic rings. The van der Waals surface area contributed by atoms with Gasteiger partial charge in [-0.25, -0.2) is 9.59 Å². The predicted octanol–water partition coefficient (Wildman–Crippen LogP) is 4.12. The summed E-state index contributed by atoms with van der Waals surface area (Å²) in [7, 11) is 0. The van der Waals surface area contributed by atoms with Gasteiger partial charge in [0.15, 0.2) is 0 Å². The zero-order valence-electron chi connectivity index (χ0n) is 14.9. The number of carboxylic acid groups (broad SMARTS) is 1. The number of carboxylic acids is 1. The molecule has 0 spiro atoms. The summed E-state index contributed by atoms with van der Waals surface area (Å²) >= 11 is 0. The summed E-state index contributed by atoms with van der Waals surface area (Å²) in [5.41, 5.74) is 1.09. The quantitative estimate of drug-likeness (QED) is 0.713. The van der Waals surface area contributed by atoms with Crippen molar-refractivity contribution in [3.05, 3.63) is 76.1 Å². The van der Waals surface area contributed by atoms with Crippen molar-refractivity contribution in [1.82, 2.24) is 4.57 Å². The standard InChI is InChI=1S/C21H20N2O4/c1-2-3-6-14-9-11-15(12-10-14)22-21(27)23-13-17(20(25)26)19(24)16-7-4-5-8-18(16)23/h4-5,7-13H,2-3,6H2,1H3,(H,22,27)(H,25,26). The van der Waals surface area contributed by atoms with Gasteiger partial charge in [0.1, 0.15) is 5.56 Å². The van der Waals surface area contributed by atoms with Crippen LogP contribution in [0.1, 0.15) is 35.7 Å². The second-order valence-electron chi connectivity index (χ2n) is 6.29. The predicted molar refractivity (Wildman–Crippen MR) is 105 cm³/mol. The van der Waals surface area contributed by atoms with Crippen LogP contribution in [0.15, 0.2) is 59.5 Å². The Bertz CT molecular complexity index is 1050. The van der Waals surface area contributed by atoms with E-state index >= 15 is 0 Å². The summed E-state index contributed by atoms with van der Waals surface area (Å²) in [6.07, 6.45) is 4.27. The molecule has 0 aliphatic heterocycles. The Morgan fingerprint density at radius 2 is 1.78 bits per heavy atom. The van der Waals surface area contributed by atoms with Crippen molar-refractivity contribution in [3.63, 3.8) is 0 Å². The number of aryl methyl sites for hydroxylation is 1. The Morgan fingerprint density at radius 3 is 2.44 bits per heavy atom. The Hall–Kier alpha value is -3.41. The molecule has 3 rings (SSSR count). The molecular weight excluding hydrogens is 344 g/mol. The van der Waals surface area contributed by atoms with Gasteiger partial charge in [0.05, 0.1) is 5.52 Å². The second kappa shape index (κ2) is 7.86. The van der Waals surface area contributed by atoms with Crippen molar-refractivity contribution in [2.45, 2.75) is 26.2 Å². The van der Waals surface area contributed by atoms with Gasteiger partial charge in [-0.15, -0.1) is 0 Å². The Labute approximate surface area is 156 Å². The van der Waals surface area contributed by atoms with Crippen LogP contribution < -0.4 is 10.7 Å².